The van der Waals surface area contributed by atoms with Gasteiger partial charge in [-0.05, 0) is 47.7 Å². The van der Waals surface area contributed by atoms with E-state index in [0.717, 1.165) is 28.3 Å². The third-order valence-electron chi connectivity index (χ3n) is 7.11. The standard InChI is InChI=1S/C31H30N4O3/c1-31(2)15-25-29(26(36)16-31)28(24(17-32)30(33)35(25)22-8-7-13-34-18-22)20-11-12-27(37-3)21(14-20)19-38-23-9-5-4-6-10-23/h4-14,18,28H,15-16,19,33H2,1-3H3/p+1. The summed E-state index contributed by atoms with van der Waals surface area (Å²) in [4.78, 5) is 18.7. The van der Waals surface area contributed by atoms with Crippen LogP contribution < -0.4 is 25.1 Å². The van der Waals surface area contributed by atoms with Crippen molar-refractivity contribution in [2.24, 2.45) is 11.1 Å². The van der Waals surface area contributed by atoms with Crippen LogP contribution in [0.3, 0.4) is 0 Å². The molecule has 0 saturated heterocycles. The van der Waals surface area contributed by atoms with Gasteiger partial charge in [-0.2, -0.15) is 5.26 Å². The van der Waals surface area contributed by atoms with Crippen LogP contribution in [0, 0.1) is 16.7 Å². The molecule has 2 aromatic carbocycles. The Bertz CT molecular complexity index is 1470. The number of para-hydroxylation sites is 1. The number of carbonyl (C=O) groups is 1. The minimum Gasteiger partial charge on any atom is -0.496 e. The van der Waals surface area contributed by atoms with Crippen LogP contribution in [0.4, 0.5) is 5.69 Å². The number of ether oxygens (including phenoxy) is 2. The second kappa shape index (κ2) is 10.1. The van der Waals surface area contributed by atoms with Crippen molar-refractivity contribution in [2.75, 3.05) is 12.0 Å². The summed E-state index contributed by atoms with van der Waals surface area (Å²) >= 11 is 0. The second-order valence-corrected chi connectivity index (χ2v) is 10.4. The number of aromatic amines is 1. The molecular formula is C31H31N4O3+. The molecule has 0 bridgehead atoms. The average molecular weight is 508 g/mol. The van der Waals surface area contributed by atoms with E-state index in [1.54, 1.807) is 7.11 Å². The number of aromatic nitrogens is 1. The highest BCUT2D eigenvalue weighted by Crippen LogP contribution is 2.50. The Morgan fingerprint density at radius 2 is 1.92 bits per heavy atom. The molecule has 38 heavy (non-hydrogen) atoms. The predicted molar refractivity (Wildman–Crippen MR) is 144 cm³/mol. The first-order chi connectivity index (χ1) is 18.3. The highest BCUT2D eigenvalue weighted by molar-refractivity contribution is 6.01. The van der Waals surface area contributed by atoms with Crippen molar-refractivity contribution in [3.05, 3.63) is 107 Å². The van der Waals surface area contributed by atoms with Gasteiger partial charge in [-0.3, -0.25) is 9.69 Å². The Morgan fingerprint density at radius 3 is 2.61 bits per heavy atom. The van der Waals surface area contributed by atoms with Gasteiger partial charge in [0, 0.05) is 29.3 Å². The molecule has 0 saturated carbocycles. The zero-order valence-electron chi connectivity index (χ0n) is 21.8. The zero-order valence-corrected chi connectivity index (χ0v) is 21.8. The molecule has 5 rings (SSSR count). The Kier molecular flexibility index (Phi) is 6.64. The number of hydrogen-bond acceptors (Lipinski definition) is 6. The van der Waals surface area contributed by atoms with Crippen LogP contribution in [0.5, 0.6) is 11.5 Å². The van der Waals surface area contributed by atoms with E-state index in [2.05, 4.69) is 24.9 Å². The number of nitrogens with two attached hydrogens (primary N) is 1. The van der Waals surface area contributed by atoms with Crippen molar-refractivity contribution in [1.82, 2.24) is 0 Å². The number of rotatable bonds is 6. The Hall–Kier alpha value is -4.57. The summed E-state index contributed by atoms with van der Waals surface area (Å²) < 4.78 is 11.6. The van der Waals surface area contributed by atoms with E-state index in [0.29, 0.717) is 35.6 Å². The van der Waals surface area contributed by atoms with Crippen molar-refractivity contribution in [3.8, 4) is 17.6 Å². The first-order valence-corrected chi connectivity index (χ1v) is 12.6. The number of hydrogen-bond donors (Lipinski definition) is 1. The lowest BCUT2D eigenvalue weighted by atomic mass is 9.68. The summed E-state index contributed by atoms with van der Waals surface area (Å²) in [6.45, 7) is 4.45. The maximum absolute atomic E-state index is 13.8. The van der Waals surface area contributed by atoms with Crippen molar-refractivity contribution in [3.63, 3.8) is 0 Å². The van der Waals surface area contributed by atoms with E-state index >= 15 is 0 Å². The van der Waals surface area contributed by atoms with Gasteiger partial charge in [0.2, 0.25) is 0 Å². The fraction of sp³-hybridized carbons (Fsp3) is 0.258. The Balaban J connectivity index is 1.64. The van der Waals surface area contributed by atoms with Crippen LogP contribution in [0.25, 0.3) is 0 Å². The number of H-pyrrole nitrogens is 1. The monoisotopic (exact) mass is 507 g/mol. The number of ketones is 1. The molecule has 1 aliphatic heterocycles. The lowest BCUT2D eigenvalue weighted by Gasteiger charge is -2.43. The average Bonchev–Trinajstić information content (AvgIpc) is 2.91. The summed E-state index contributed by atoms with van der Waals surface area (Å²) in [5.74, 6) is 1.19. The van der Waals surface area contributed by atoms with Crippen molar-refractivity contribution in [1.29, 1.82) is 5.26 Å². The summed E-state index contributed by atoms with van der Waals surface area (Å²) in [7, 11) is 1.61. The van der Waals surface area contributed by atoms with Gasteiger partial charge in [-0.1, -0.05) is 38.1 Å². The molecule has 2 aliphatic rings. The van der Waals surface area contributed by atoms with E-state index in [-0.39, 0.29) is 17.8 Å². The lowest BCUT2D eigenvalue weighted by Crippen LogP contribution is -2.42. The maximum atomic E-state index is 13.8. The maximum Gasteiger partial charge on any atom is 0.191 e. The minimum absolute atomic E-state index is 0.0318. The van der Waals surface area contributed by atoms with Gasteiger partial charge in [-0.25, -0.2) is 4.98 Å². The smallest absolute Gasteiger partial charge is 0.191 e. The number of nitriles is 1. The molecule has 1 aliphatic carbocycles. The summed E-state index contributed by atoms with van der Waals surface area (Å²) in [5, 5.41) is 10.4. The number of carbonyl (C=O) groups excluding carboxylic acids is 1. The van der Waals surface area contributed by atoms with Gasteiger partial charge in [0.05, 0.1) is 24.7 Å². The first kappa shape index (κ1) is 25.1. The highest BCUT2D eigenvalue weighted by atomic mass is 16.5. The van der Waals surface area contributed by atoms with Gasteiger partial charge in [-0.15, -0.1) is 0 Å². The number of nitrogens with one attached hydrogen (secondary N) is 1. The number of allylic oxidation sites excluding steroid dienone is 3. The second-order valence-electron chi connectivity index (χ2n) is 10.4. The summed E-state index contributed by atoms with van der Waals surface area (Å²) in [6, 6.07) is 21.4. The first-order valence-electron chi connectivity index (χ1n) is 12.6. The molecule has 1 unspecified atom stereocenters. The van der Waals surface area contributed by atoms with Crippen molar-refractivity contribution in [2.45, 2.75) is 39.2 Å². The lowest BCUT2D eigenvalue weighted by molar-refractivity contribution is -0.377. The van der Waals surface area contributed by atoms with Crippen molar-refractivity contribution < 1.29 is 19.3 Å². The molecule has 0 amide bonds. The van der Waals surface area contributed by atoms with Crippen LogP contribution in [0.15, 0.2) is 95.7 Å². The quantitative estimate of drug-likeness (QED) is 0.502. The Morgan fingerprint density at radius 1 is 1.13 bits per heavy atom. The van der Waals surface area contributed by atoms with Crippen LogP contribution in [-0.2, 0) is 11.4 Å². The highest BCUT2D eigenvalue weighted by Gasteiger charge is 2.45. The molecule has 0 fully saturated rings. The molecule has 3 aromatic rings. The zero-order chi connectivity index (χ0) is 26.9. The number of anilines is 1. The third-order valence-corrected chi connectivity index (χ3v) is 7.11. The largest absolute Gasteiger partial charge is 0.496 e. The normalized spacial score (nSPS) is 18.6. The molecule has 1 aromatic heterocycles. The van der Waals surface area contributed by atoms with E-state index in [1.165, 1.54) is 0 Å². The predicted octanol–water partition coefficient (Wildman–Crippen LogP) is 5.03. The molecule has 192 valence electrons. The SMILES string of the molecule is COc1ccc(C2C(C#N)=C(N)N(c3ccc[nH+]c3)C3=C2C(=O)CC(C)(C)C3)cc1COc1ccccc1. The fourth-order valence-electron chi connectivity index (χ4n) is 5.43. The topological polar surface area (TPSA) is 103 Å². The van der Waals surface area contributed by atoms with Crippen molar-refractivity contribution >= 4 is 11.5 Å². The molecule has 2 heterocycles. The third kappa shape index (κ3) is 4.61. The molecule has 3 N–H and O–H groups in total. The van der Waals surface area contributed by atoms with E-state index < -0.39 is 5.92 Å². The number of Topliss-reactive ketones (excluding diaryl/α,β-unsaturated/α-hetero) is 1. The molecule has 7 nitrogen and oxygen atoms in total. The van der Waals surface area contributed by atoms with Gasteiger partial charge in [0.15, 0.2) is 18.2 Å². The minimum atomic E-state index is -0.580. The van der Waals surface area contributed by atoms with Gasteiger partial charge in [0.1, 0.15) is 29.6 Å². The van der Waals surface area contributed by atoms with Crippen LogP contribution in [0.1, 0.15) is 43.7 Å². The molecule has 0 spiro atoms. The van der Waals surface area contributed by atoms with Crippen LogP contribution in [-0.4, -0.2) is 12.9 Å². The molecular weight excluding hydrogens is 476 g/mol. The number of nitrogens with zero attached hydrogens (tertiary/aromatic N) is 2. The van der Waals surface area contributed by atoms with Crippen LogP contribution >= 0.6 is 0 Å². The summed E-state index contributed by atoms with van der Waals surface area (Å²) in [5.41, 5.74) is 10.7. The van der Waals surface area contributed by atoms with E-state index in [4.69, 9.17) is 15.2 Å². The molecule has 0 radical (unpaired) electrons. The molecule has 1 atom stereocenters. The van der Waals surface area contributed by atoms with E-state index in [9.17, 15) is 10.1 Å². The van der Waals surface area contributed by atoms with Crippen LogP contribution in [0.2, 0.25) is 0 Å². The summed E-state index contributed by atoms with van der Waals surface area (Å²) in [6.07, 6.45) is 4.68. The Labute approximate surface area is 222 Å². The van der Waals surface area contributed by atoms with Gasteiger partial charge < -0.3 is 15.2 Å². The number of benzene rings is 2. The van der Waals surface area contributed by atoms with E-state index in [1.807, 2.05) is 78.0 Å². The number of pyridine rings is 1. The van der Waals surface area contributed by atoms with Gasteiger partial charge in [0.25, 0.3) is 0 Å². The molecule has 7 heteroatoms. The number of methoxy groups -OCH3 is 1. The fourth-order valence-corrected chi connectivity index (χ4v) is 5.43. The van der Waals surface area contributed by atoms with Gasteiger partial charge >= 0.3 is 0 Å².